The minimum Gasteiger partial charge on any atom is -0.298 e. The monoisotopic (exact) mass is 148 g/mol. The lowest BCUT2D eigenvalue weighted by Gasteiger charge is -2.02. The van der Waals surface area contributed by atoms with Crippen LogP contribution in [0.1, 0.15) is 15.9 Å². The summed E-state index contributed by atoms with van der Waals surface area (Å²) in [6.07, 6.45) is 0.563. The van der Waals surface area contributed by atoms with Crippen LogP contribution in [0, 0.1) is 12.7 Å². The number of benzene rings is 1. The molecule has 54 valence electrons. The fraction of sp³-hybridized carbons (Fsp3) is 0.125. The van der Waals surface area contributed by atoms with E-state index in [0.29, 0.717) is 17.3 Å². The van der Waals surface area contributed by atoms with Crippen LogP contribution in [0.5, 0.6) is 0 Å². The van der Waals surface area contributed by atoms with Gasteiger partial charge in [-0.05, 0) is 18.6 Å². The standard InChI is InChI=1S/C8H6BFO/c1-5-6(4-11)7(9)2-3-8(5)10/h2-4H,1H3. The van der Waals surface area contributed by atoms with E-state index in [1.807, 2.05) is 0 Å². The third kappa shape index (κ3) is 1.32. The van der Waals surface area contributed by atoms with Crippen LogP contribution < -0.4 is 5.46 Å². The molecule has 1 rings (SSSR count). The zero-order valence-corrected chi connectivity index (χ0v) is 6.10. The Labute approximate surface area is 65.6 Å². The molecule has 0 aliphatic carbocycles. The highest BCUT2D eigenvalue weighted by molar-refractivity contribution is 6.35. The molecule has 0 atom stereocenters. The highest BCUT2D eigenvalue weighted by Gasteiger charge is 2.04. The van der Waals surface area contributed by atoms with Crippen molar-refractivity contribution in [2.75, 3.05) is 0 Å². The number of rotatable bonds is 1. The molecule has 1 nitrogen and oxygen atoms in total. The summed E-state index contributed by atoms with van der Waals surface area (Å²) < 4.78 is 12.7. The van der Waals surface area contributed by atoms with E-state index in [1.54, 1.807) is 0 Å². The molecule has 0 fully saturated rings. The summed E-state index contributed by atoms with van der Waals surface area (Å²) in [6.45, 7) is 1.52. The molecular weight excluding hydrogens is 142 g/mol. The smallest absolute Gasteiger partial charge is 0.149 e. The van der Waals surface area contributed by atoms with Crippen LogP contribution >= 0.6 is 0 Å². The third-order valence-corrected chi connectivity index (χ3v) is 1.60. The van der Waals surface area contributed by atoms with Gasteiger partial charge in [-0.2, -0.15) is 0 Å². The summed E-state index contributed by atoms with van der Waals surface area (Å²) in [5, 5.41) is 0. The second kappa shape index (κ2) is 2.87. The van der Waals surface area contributed by atoms with Crippen LogP contribution in [0.3, 0.4) is 0 Å². The van der Waals surface area contributed by atoms with Gasteiger partial charge in [-0.25, -0.2) is 4.39 Å². The molecular formula is C8H6BFO. The molecule has 0 saturated carbocycles. The van der Waals surface area contributed by atoms with E-state index in [1.165, 1.54) is 19.1 Å². The Bertz CT molecular complexity index is 296. The SMILES string of the molecule is [B]c1ccc(F)c(C)c1C=O. The van der Waals surface area contributed by atoms with Crippen LogP contribution in [-0.4, -0.2) is 14.1 Å². The Balaban J connectivity index is 3.40. The summed E-state index contributed by atoms with van der Waals surface area (Å²) in [5.41, 5.74) is 0.865. The van der Waals surface area contributed by atoms with Gasteiger partial charge in [-0.3, -0.25) is 4.79 Å². The molecule has 0 aromatic heterocycles. The Kier molecular flexibility index (Phi) is 2.08. The molecule has 3 heteroatoms. The van der Waals surface area contributed by atoms with Gasteiger partial charge >= 0.3 is 0 Å². The molecule has 1 aromatic rings. The van der Waals surface area contributed by atoms with Gasteiger partial charge in [0.2, 0.25) is 0 Å². The first-order valence-electron chi connectivity index (χ1n) is 3.16. The van der Waals surface area contributed by atoms with Gasteiger partial charge in [-0.1, -0.05) is 11.5 Å². The van der Waals surface area contributed by atoms with Gasteiger partial charge in [0.05, 0.1) is 0 Å². The summed E-state index contributed by atoms with van der Waals surface area (Å²) in [7, 11) is 5.40. The van der Waals surface area contributed by atoms with E-state index in [-0.39, 0.29) is 5.56 Å². The Hall–Kier alpha value is -1.12. The lowest BCUT2D eigenvalue weighted by Crippen LogP contribution is -2.12. The van der Waals surface area contributed by atoms with E-state index in [9.17, 15) is 9.18 Å². The predicted octanol–water partition coefficient (Wildman–Crippen LogP) is 0.740. The molecule has 0 heterocycles. The number of carbonyl (C=O) groups is 1. The third-order valence-electron chi connectivity index (χ3n) is 1.60. The van der Waals surface area contributed by atoms with Crippen molar-refractivity contribution in [2.45, 2.75) is 6.92 Å². The Morgan fingerprint density at radius 1 is 1.55 bits per heavy atom. The maximum absolute atomic E-state index is 12.7. The van der Waals surface area contributed by atoms with E-state index in [2.05, 4.69) is 0 Å². The molecule has 0 saturated heterocycles. The number of hydrogen-bond donors (Lipinski definition) is 0. The zero-order chi connectivity index (χ0) is 8.43. The zero-order valence-electron chi connectivity index (χ0n) is 6.10. The second-order valence-electron chi connectivity index (χ2n) is 2.29. The van der Waals surface area contributed by atoms with Gasteiger partial charge < -0.3 is 0 Å². The van der Waals surface area contributed by atoms with Crippen LogP contribution in [-0.2, 0) is 0 Å². The van der Waals surface area contributed by atoms with Crippen molar-refractivity contribution in [1.82, 2.24) is 0 Å². The topological polar surface area (TPSA) is 17.1 Å². The molecule has 0 N–H and O–H groups in total. The van der Waals surface area contributed by atoms with Crippen LogP contribution in [0.2, 0.25) is 0 Å². The van der Waals surface area contributed by atoms with Crippen molar-refractivity contribution in [2.24, 2.45) is 0 Å². The average molecular weight is 148 g/mol. The van der Waals surface area contributed by atoms with Gasteiger partial charge in [0, 0.05) is 5.56 Å². The van der Waals surface area contributed by atoms with Crippen LogP contribution in [0.25, 0.3) is 0 Å². The first-order valence-corrected chi connectivity index (χ1v) is 3.16. The molecule has 0 unspecified atom stereocenters. The summed E-state index contributed by atoms with van der Waals surface area (Å²) >= 11 is 0. The number of carbonyl (C=O) groups excluding carboxylic acids is 1. The molecule has 0 aliphatic rings. The molecule has 0 aliphatic heterocycles. The summed E-state index contributed by atoms with van der Waals surface area (Å²) in [5.74, 6) is -0.402. The molecule has 2 radical (unpaired) electrons. The van der Waals surface area contributed by atoms with Crippen molar-refractivity contribution in [3.05, 3.63) is 29.1 Å². The van der Waals surface area contributed by atoms with Gasteiger partial charge in [0.25, 0.3) is 0 Å². The number of halogens is 1. The summed E-state index contributed by atoms with van der Waals surface area (Å²) in [6, 6.07) is 2.63. The molecule has 1 aromatic carbocycles. The van der Waals surface area contributed by atoms with E-state index < -0.39 is 5.82 Å². The fourth-order valence-corrected chi connectivity index (χ4v) is 0.879. The quantitative estimate of drug-likeness (QED) is 0.424. The normalized spacial score (nSPS) is 9.64. The van der Waals surface area contributed by atoms with Crippen molar-refractivity contribution in [3.63, 3.8) is 0 Å². The lowest BCUT2D eigenvalue weighted by molar-refractivity contribution is 0.112. The maximum Gasteiger partial charge on any atom is 0.149 e. The van der Waals surface area contributed by atoms with Crippen molar-refractivity contribution >= 4 is 19.6 Å². The molecule has 0 bridgehead atoms. The minimum atomic E-state index is -0.402. The Morgan fingerprint density at radius 2 is 2.18 bits per heavy atom. The highest BCUT2D eigenvalue weighted by atomic mass is 19.1. The summed E-state index contributed by atoms with van der Waals surface area (Å²) in [4.78, 5) is 10.4. The van der Waals surface area contributed by atoms with E-state index in [0.717, 1.165) is 0 Å². The molecule has 0 amide bonds. The van der Waals surface area contributed by atoms with Crippen LogP contribution in [0.15, 0.2) is 12.1 Å². The minimum absolute atomic E-state index is 0.241. The second-order valence-corrected chi connectivity index (χ2v) is 2.29. The van der Waals surface area contributed by atoms with Gasteiger partial charge in [0.15, 0.2) is 0 Å². The Morgan fingerprint density at radius 3 is 2.64 bits per heavy atom. The van der Waals surface area contributed by atoms with E-state index in [4.69, 9.17) is 7.85 Å². The van der Waals surface area contributed by atoms with Crippen molar-refractivity contribution in [3.8, 4) is 0 Å². The molecule has 11 heavy (non-hydrogen) atoms. The largest absolute Gasteiger partial charge is 0.298 e. The predicted molar refractivity (Wildman–Crippen MR) is 41.9 cm³/mol. The lowest BCUT2D eigenvalue weighted by atomic mass is 9.88. The number of hydrogen-bond acceptors (Lipinski definition) is 1. The molecule has 0 spiro atoms. The number of aldehydes is 1. The first-order chi connectivity index (χ1) is 5.16. The van der Waals surface area contributed by atoms with Crippen molar-refractivity contribution in [1.29, 1.82) is 0 Å². The van der Waals surface area contributed by atoms with E-state index >= 15 is 0 Å². The van der Waals surface area contributed by atoms with Gasteiger partial charge in [0.1, 0.15) is 19.9 Å². The average Bonchev–Trinajstić information content (AvgIpc) is 1.99. The first kappa shape index (κ1) is 7.99. The van der Waals surface area contributed by atoms with Crippen molar-refractivity contribution < 1.29 is 9.18 Å². The fourth-order valence-electron chi connectivity index (χ4n) is 0.879. The maximum atomic E-state index is 12.7. The van der Waals surface area contributed by atoms with Gasteiger partial charge in [-0.15, -0.1) is 0 Å². The van der Waals surface area contributed by atoms with Crippen LogP contribution in [0.4, 0.5) is 4.39 Å². The highest BCUT2D eigenvalue weighted by Crippen LogP contribution is 2.06.